The van der Waals surface area contributed by atoms with Gasteiger partial charge in [0.15, 0.2) is 11.6 Å². The van der Waals surface area contributed by atoms with Crippen LogP contribution in [0.1, 0.15) is 45.1 Å². The first-order chi connectivity index (χ1) is 9.12. The number of halogens is 1. The molecule has 0 saturated heterocycles. The van der Waals surface area contributed by atoms with Crippen molar-refractivity contribution in [1.82, 2.24) is 0 Å². The maximum absolute atomic E-state index is 13.6. The Balaban J connectivity index is 2.71. The van der Waals surface area contributed by atoms with E-state index >= 15 is 0 Å². The summed E-state index contributed by atoms with van der Waals surface area (Å²) in [6, 6.07) is 4.73. The van der Waals surface area contributed by atoms with Crippen molar-refractivity contribution in [3.05, 3.63) is 29.6 Å². The van der Waals surface area contributed by atoms with Crippen LogP contribution < -0.4 is 4.74 Å². The maximum atomic E-state index is 13.6. The molecule has 0 aliphatic rings. The number of ketones is 1. The summed E-state index contributed by atoms with van der Waals surface area (Å²) in [6.07, 6.45) is 4.17. The van der Waals surface area contributed by atoms with Crippen LogP contribution in [-0.4, -0.2) is 12.9 Å². The summed E-state index contributed by atoms with van der Waals surface area (Å²) in [5.74, 6) is 0.138. The molecule has 0 aliphatic heterocycles. The molecule has 1 aromatic rings. The van der Waals surface area contributed by atoms with E-state index in [0.717, 1.165) is 31.2 Å². The SMILES string of the molecule is CCCC(CCC)C(=O)Cc1ccc(OC)c(F)c1. The fourth-order valence-electron chi connectivity index (χ4n) is 2.33. The van der Waals surface area contributed by atoms with Crippen LogP contribution >= 0.6 is 0 Å². The van der Waals surface area contributed by atoms with Gasteiger partial charge in [0.25, 0.3) is 0 Å². The molecule has 3 heteroatoms. The highest BCUT2D eigenvalue weighted by Gasteiger charge is 2.17. The molecule has 0 atom stereocenters. The van der Waals surface area contributed by atoms with E-state index in [0.29, 0.717) is 6.42 Å². The number of ether oxygens (including phenoxy) is 1. The topological polar surface area (TPSA) is 26.3 Å². The zero-order chi connectivity index (χ0) is 14.3. The van der Waals surface area contributed by atoms with Crippen LogP contribution in [0.15, 0.2) is 18.2 Å². The second-order valence-electron chi connectivity index (χ2n) is 4.89. The molecule has 106 valence electrons. The number of hydrogen-bond acceptors (Lipinski definition) is 2. The average molecular weight is 266 g/mol. The Hall–Kier alpha value is -1.38. The summed E-state index contributed by atoms with van der Waals surface area (Å²) in [5.41, 5.74) is 0.723. The van der Waals surface area contributed by atoms with Crippen LogP contribution in [0, 0.1) is 11.7 Å². The Kier molecular flexibility index (Phi) is 6.54. The quantitative estimate of drug-likeness (QED) is 0.706. The van der Waals surface area contributed by atoms with Crippen LogP contribution in [0.4, 0.5) is 4.39 Å². The van der Waals surface area contributed by atoms with Crippen LogP contribution in [0.2, 0.25) is 0 Å². The Bertz CT molecular complexity index is 409. The minimum atomic E-state index is -0.407. The fourth-order valence-corrected chi connectivity index (χ4v) is 2.33. The van der Waals surface area contributed by atoms with Gasteiger partial charge in [-0.15, -0.1) is 0 Å². The van der Waals surface area contributed by atoms with Crippen LogP contribution in [0.25, 0.3) is 0 Å². The molecule has 1 rings (SSSR count). The molecule has 0 N–H and O–H groups in total. The van der Waals surface area contributed by atoms with Gasteiger partial charge in [-0.2, -0.15) is 0 Å². The maximum Gasteiger partial charge on any atom is 0.165 e. The highest BCUT2D eigenvalue weighted by Crippen LogP contribution is 2.21. The second kappa shape index (κ2) is 7.93. The lowest BCUT2D eigenvalue weighted by Gasteiger charge is -2.14. The van der Waals surface area contributed by atoms with Crippen molar-refractivity contribution in [1.29, 1.82) is 0 Å². The molecule has 19 heavy (non-hydrogen) atoms. The minimum absolute atomic E-state index is 0.111. The lowest BCUT2D eigenvalue weighted by molar-refractivity contribution is -0.122. The third-order valence-corrected chi connectivity index (χ3v) is 3.32. The number of carbonyl (C=O) groups excluding carboxylic acids is 1. The summed E-state index contributed by atoms with van der Waals surface area (Å²) in [7, 11) is 1.43. The van der Waals surface area contributed by atoms with Crippen molar-refractivity contribution >= 4 is 5.78 Å². The number of benzene rings is 1. The first-order valence-electron chi connectivity index (χ1n) is 6.97. The Morgan fingerprint density at radius 2 is 1.89 bits per heavy atom. The van der Waals surface area contributed by atoms with Gasteiger partial charge in [-0.1, -0.05) is 32.8 Å². The van der Waals surface area contributed by atoms with E-state index in [9.17, 15) is 9.18 Å². The van der Waals surface area contributed by atoms with Crippen molar-refractivity contribution in [3.8, 4) is 5.75 Å². The molecular weight excluding hydrogens is 243 g/mol. The standard InChI is InChI=1S/C16H23FO2/c1-4-6-13(7-5-2)15(18)11-12-8-9-16(19-3)14(17)10-12/h8-10,13H,4-7,11H2,1-3H3. The lowest BCUT2D eigenvalue weighted by atomic mass is 9.90. The van der Waals surface area contributed by atoms with E-state index in [4.69, 9.17) is 4.74 Å². The fraction of sp³-hybridized carbons (Fsp3) is 0.562. The monoisotopic (exact) mass is 266 g/mol. The van der Waals surface area contributed by atoms with Crippen LogP contribution in [0.5, 0.6) is 5.75 Å². The highest BCUT2D eigenvalue weighted by atomic mass is 19.1. The van der Waals surface area contributed by atoms with Crippen molar-refractivity contribution in [2.45, 2.75) is 46.0 Å². The largest absolute Gasteiger partial charge is 0.494 e. The van der Waals surface area contributed by atoms with Gasteiger partial charge in [-0.25, -0.2) is 4.39 Å². The van der Waals surface area contributed by atoms with E-state index in [2.05, 4.69) is 13.8 Å². The average Bonchev–Trinajstić information content (AvgIpc) is 2.38. The van der Waals surface area contributed by atoms with E-state index in [-0.39, 0.29) is 17.5 Å². The molecule has 0 aliphatic carbocycles. The molecular formula is C16H23FO2. The van der Waals surface area contributed by atoms with E-state index in [1.807, 2.05) is 0 Å². The van der Waals surface area contributed by atoms with Crippen molar-refractivity contribution < 1.29 is 13.9 Å². The summed E-state index contributed by atoms with van der Waals surface area (Å²) >= 11 is 0. The van der Waals surface area contributed by atoms with Crippen LogP contribution in [0.3, 0.4) is 0 Å². The predicted molar refractivity (Wildman–Crippen MR) is 75.0 cm³/mol. The normalized spacial score (nSPS) is 10.8. The van der Waals surface area contributed by atoms with Gasteiger partial charge in [0.05, 0.1) is 7.11 Å². The smallest absolute Gasteiger partial charge is 0.165 e. The Morgan fingerprint density at radius 1 is 1.26 bits per heavy atom. The molecule has 0 spiro atoms. The number of methoxy groups -OCH3 is 1. The summed E-state index contributed by atoms with van der Waals surface area (Å²) < 4.78 is 18.4. The van der Waals surface area contributed by atoms with Gasteiger partial charge in [0.1, 0.15) is 5.78 Å². The molecule has 0 unspecified atom stereocenters. The molecule has 0 radical (unpaired) electrons. The molecule has 0 bridgehead atoms. The third-order valence-electron chi connectivity index (χ3n) is 3.32. The van der Waals surface area contributed by atoms with Gasteiger partial charge in [0, 0.05) is 12.3 Å². The number of Topliss-reactive ketones (excluding diaryl/α,β-unsaturated/α-hetero) is 1. The number of hydrogen-bond donors (Lipinski definition) is 0. The van der Waals surface area contributed by atoms with Gasteiger partial charge < -0.3 is 4.74 Å². The third kappa shape index (κ3) is 4.66. The van der Waals surface area contributed by atoms with Crippen molar-refractivity contribution in [2.24, 2.45) is 5.92 Å². The molecule has 0 amide bonds. The molecule has 0 heterocycles. The molecule has 0 saturated carbocycles. The highest BCUT2D eigenvalue weighted by molar-refractivity contribution is 5.83. The summed E-state index contributed by atoms with van der Waals surface area (Å²) in [6.45, 7) is 4.17. The van der Waals surface area contributed by atoms with Gasteiger partial charge in [-0.3, -0.25) is 4.79 Å². The second-order valence-corrected chi connectivity index (χ2v) is 4.89. The lowest BCUT2D eigenvalue weighted by Crippen LogP contribution is -2.16. The minimum Gasteiger partial charge on any atom is -0.494 e. The molecule has 1 aromatic carbocycles. The predicted octanol–water partition coefficient (Wildman–Crippen LogP) is 4.16. The zero-order valence-electron chi connectivity index (χ0n) is 12.0. The summed E-state index contributed by atoms with van der Waals surface area (Å²) in [5, 5.41) is 0. The molecule has 0 fully saturated rings. The Labute approximate surface area is 115 Å². The summed E-state index contributed by atoms with van der Waals surface area (Å²) in [4.78, 5) is 12.2. The van der Waals surface area contributed by atoms with Gasteiger partial charge in [-0.05, 0) is 30.5 Å². The van der Waals surface area contributed by atoms with Crippen molar-refractivity contribution in [2.75, 3.05) is 7.11 Å². The van der Waals surface area contributed by atoms with Crippen molar-refractivity contribution in [3.63, 3.8) is 0 Å². The van der Waals surface area contributed by atoms with Gasteiger partial charge >= 0.3 is 0 Å². The first-order valence-corrected chi connectivity index (χ1v) is 6.97. The zero-order valence-corrected chi connectivity index (χ0v) is 12.0. The first kappa shape index (κ1) is 15.7. The number of rotatable bonds is 8. The molecule has 2 nitrogen and oxygen atoms in total. The Morgan fingerprint density at radius 3 is 2.37 bits per heavy atom. The van der Waals surface area contributed by atoms with Crippen LogP contribution in [-0.2, 0) is 11.2 Å². The van der Waals surface area contributed by atoms with E-state index in [1.165, 1.54) is 13.2 Å². The van der Waals surface area contributed by atoms with Gasteiger partial charge in [0.2, 0.25) is 0 Å². The van der Waals surface area contributed by atoms with E-state index < -0.39 is 5.82 Å². The van der Waals surface area contributed by atoms with E-state index in [1.54, 1.807) is 12.1 Å². The number of carbonyl (C=O) groups is 1. The molecule has 0 aromatic heterocycles.